The molecule has 4 rings (SSSR count). The van der Waals surface area contributed by atoms with Crippen molar-refractivity contribution >= 4 is 15.9 Å². The summed E-state index contributed by atoms with van der Waals surface area (Å²) in [5, 5.41) is 2.73. The number of benzene rings is 2. The second-order valence-electron chi connectivity index (χ2n) is 8.04. The molecule has 1 aliphatic rings. The summed E-state index contributed by atoms with van der Waals surface area (Å²) in [6, 6.07) is 10.5. The van der Waals surface area contributed by atoms with Gasteiger partial charge < -0.3 is 14.6 Å². The SMILES string of the molecule is CC1CN(S(=O)(=O)c2ccc(C(=O)NCc3ccc(-n4ccnc4)c(F)c3)cc2)CC(C)O1. The van der Waals surface area contributed by atoms with Gasteiger partial charge in [0.25, 0.3) is 5.91 Å². The number of sulfonamides is 1. The van der Waals surface area contributed by atoms with Crippen LogP contribution in [0.5, 0.6) is 0 Å². The molecule has 1 fully saturated rings. The van der Waals surface area contributed by atoms with Gasteiger partial charge in [-0.05, 0) is 55.8 Å². The number of hydrogen-bond acceptors (Lipinski definition) is 5. The van der Waals surface area contributed by atoms with Gasteiger partial charge in [0.2, 0.25) is 10.0 Å². The minimum Gasteiger partial charge on any atom is -0.373 e. The van der Waals surface area contributed by atoms with E-state index in [1.165, 1.54) is 41.0 Å². The smallest absolute Gasteiger partial charge is 0.251 e. The third-order valence-electron chi connectivity index (χ3n) is 5.39. The molecule has 10 heteroatoms. The number of rotatable bonds is 6. The Labute approximate surface area is 192 Å². The molecule has 1 aromatic heterocycles. The summed E-state index contributed by atoms with van der Waals surface area (Å²) in [4.78, 5) is 16.5. The zero-order valence-corrected chi connectivity index (χ0v) is 19.1. The average molecular weight is 473 g/mol. The Balaban J connectivity index is 1.40. The molecule has 2 unspecified atom stereocenters. The summed E-state index contributed by atoms with van der Waals surface area (Å²) in [5.74, 6) is -0.812. The molecule has 0 spiro atoms. The van der Waals surface area contributed by atoms with Crippen LogP contribution in [0.1, 0.15) is 29.8 Å². The summed E-state index contributed by atoms with van der Waals surface area (Å²) in [7, 11) is -3.68. The molecule has 1 amide bonds. The van der Waals surface area contributed by atoms with E-state index in [0.717, 1.165) is 0 Å². The number of hydrogen-bond donors (Lipinski definition) is 1. The van der Waals surface area contributed by atoms with E-state index in [1.807, 2.05) is 13.8 Å². The molecule has 0 bridgehead atoms. The highest BCUT2D eigenvalue weighted by Crippen LogP contribution is 2.21. The first-order chi connectivity index (χ1) is 15.7. The molecule has 1 N–H and O–H groups in total. The number of carbonyl (C=O) groups is 1. The number of aromatic nitrogens is 2. The van der Waals surface area contributed by atoms with Gasteiger partial charge in [-0.2, -0.15) is 4.31 Å². The lowest BCUT2D eigenvalue weighted by Crippen LogP contribution is -2.48. The highest BCUT2D eigenvalue weighted by atomic mass is 32.2. The molecule has 0 radical (unpaired) electrons. The molecular formula is C23H25FN4O4S. The fraction of sp³-hybridized carbons (Fsp3) is 0.304. The van der Waals surface area contributed by atoms with Gasteiger partial charge in [-0.25, -0.2) is 17.8 Å². The molecule has 0 aliphatic carbocycles. The number of amides is 1. The van der Waals surface area contributed by atoms with E-state index in [1.54, 1.807) is 29.1 Å². The minimum absolute atomic E-state index is 0.123. The normalized spacial score (nSPS) is 19.4. The third kappa shape index (κ3) is 5.13. The number of carbonyl (C=O) groups excluding carboxylic acids is 1. The molecule has 33 heavy (non-hydrogen) atoms. The summed E-state index contributed by atoms with van der Waals surface area (Å²) >= 11 is 0. The van der Waals surface area contributed by atoms with Crippen LogP contribution in [-0.4, -0.2) is 53.5 Å². The average Bonchev–Trinajstić information content (AvgIpc) is 3.31. The molecule has 2 aromatic carbocycles. The molecule has 0 saturated carbocycles. The topological polar surface area (TPSA) is 93.5 Å². The van der Waals surface area contributed by atoms with Crippen molar-refractivity contribution in [2.45, 2.75) is 37.5 Å². The summed E-state index contributed by atoms with van der Waals surface area (Å²) in [6.45, 7) is 4.37. The van der Waals surface area contributed by atoms with Crippen LogP contribution in [0, 0.1) is 5.82 Å². The molecule has 1 aliphatic heterocycles. The quantitative estimate of drug-likeness (QED) is 0.596. The fourth-order valence-corrected chi connectivity index (χ4v) is 5.40. The zero-order valence-electron chi connectivity index (χ0n) is 18.3. The Morgan fingerprint density at radius 3 is 2.45 bits per heavy atom. The molecule has 174 valence electrons. The lowest BCUT2D eigenvalue weighted by molar-refractivity contribution is -0.0440. The van der Waals surface area contributed by atoms with Gasteiger partial charge in [0.15, 0.2) is 0 Å². The second-order valence-corrected chi connectivity index (χ2v) is 9.98. The van der Waals surface area contributed by atoms with Crippen molar-refractivity contribution < 1.29 is 22.3 Å². The van der Waals surface area contributed by atoms with Gasteiger partial charge in [-0.15, -0.1) is 0 Å². The van der Waals surface area contributed by atoms with E-state index in [2.05, 4.69) is 10.3 Å². The molecule has 3 aromatic rings. The number of nitrogens with one attached hydrogen (secondary N) is 1. The predicted molar refractivity (Wildman–Crippen MR) is 120 cm³/mol. The standard InChI is InChI=1S/C23H25FN4O4S/c1-16-13-28(14-17(2)32-16)33(30,31)20-6-4-19(5-7-20)23(29)26-12-18-3-8-22(21(24)11-18)27-10-9-25-15-27/h3-11,15-17H,12-14H2,1-2H3,(H,26,29). The van der Waals surface area contributed by atoms with E-state index < -0.39 is 15.8 Å². The van der Waals surface area contributed by atoms with Crippen LogP contribution in [-0.2, 0) is 21.3 Å². The Hall–Kier alpha value is -3.08. The van der Waals surface area contributed by atoms with E-state index in [0.29, 0.717) is 16.8 Å². The predicted octanol–water partition coefficient (Wildman–Crippen LogP) is 2.74. The van der Waals surface area contributed by atoms with Crippen molar-refractivity contribution in [3.05, 3.63) is 78.1 Å². The van der Waals surface area contributed by atoms with Crippen molar-refractivity contribution in [1.82, 2.24) is 19.2 Å². The Bertz CT molecular complexity index is 1220. The molecular weight excluding hydrogens is 447 g/mol. The number of halogens is 1. The van der Waals surface area contributed by atoms with Crippen molar-refractivity contribution in [2.24, 2.45) is 0 Å². The van der Waals surface area contributed by atoms with Crippen molar-refractivity contribution in [2.75, 3.05) is 13.1 Å². The van der Waals surface area contributed by atoms with Gasteiger partial charge in [0.05, 0.1) is 29.1 Å². The van der Waals surface area contributed by atoms with Gasteiger partial charge >= 0.3 is 0 Å². The number of morpholine rings is 1. The lowest BCUT2D eigenvalue weighted by Gasteiger charge is -2.34. The highest BCUT2D eigenvalue weighted by Gasteiger charge is 2.32. The first-order valence-electron chi connectivity index (χ1n) is 10.5. The van der Waals surface area contributed by atoms with Gasteiger partial charge in [-0.3, -0.25) is 4.79 Å². The number of ether oxygens (including phenoxy) is 1. The highest BCUT2D eigenvalue weighted by molar-refractivity contribution is 7.89. The molecule has 2 heterocycles. The van der Waals surface area contributed by atoms with Gasteiger partial charge in [0.1, 0.15) is 5.82 Å². The monoisotopic (exact) mass is 472 g/mol. The maximum Gasteiger partial charge on any atom is 0.251 e. The van der Waals surface area contributed by atoms with Crippen LogP contribution in [0.25, 0.3) is 5.69 Å². The molecule has 8 nitrogen and oxygen atoms in total. The largest absolute Gasteiger partial charge is 0.373 e. The van der Waals surface area contributed by atoms with Crippen molar-refractivity contribution in [1.29, 1.82) is 0 Å². The number of imidazole rings is 1. The Morgan fingerprint density at radius 1 is 1.15 bits per heavy atom. The third-order valence-corrected chi connectivity index (χ3v) is 7.23. The summed E-state index contributed by atoms with van der Waals surface area (Å²) in [6.07, 6.45) is 4.33. The van der Waals surface area contributed by atoms with Crippen LogP contribution in [0.15, 0.2) is 66.1 Å². The Kier molecular flexibility index (Phi) is 6.59. The fourth-order valence-electron chi connectivity index (χ4n) is 3.81. The van der Waals surface area contributed by atoms with Gasteiger partial charge in [0, 0.05) is 37.6 Å². The van der Waals surface area contributed by atoms with Gasteiger partial charge in [-0.1, -0.05) is 6.07 Å². The molecule has 1 saturated heterocycles. The first kappa shape index (κ1) is 23.1. The molecule has 2 atom stereocenters. The van der Waals surface area contributed by atoms with Crippen molar-refractivity contribution in [3.8, 4) is 5.69 Å². The first-order valence-corrected chi connectivity index (χ1v) is 12.0. The van der Waals surface area contributed by atoms with E-state index in [4.69, 9.17) is 4.74 Å². The van der Waals surface area contributed by atoms with Crippen LogP contribution in [0.3, 0.4) is 0 Å². The van der Waals surface area contributed by atoms with E-state index in [9.17, 15) is 17.6 Å². The van der Waals surface area contributed by atoms with E-state index >= 15 is 0 Å². The summed E-state index contributed by atoms with van der Waals surface area (Å²) < 4.78 is 48.8. The van der Waals surface area contributed by atoms with Crippen molar-refractivity contribution in [3.63, 3.8) is 0 Å². The van der Waals surface area contributed by atoms with Crippen LogP contribution in [0.2, 0.25) is 0 Å². The Morgan fingerprint density at radius 2 is 1.85 bits per heavy atom. The van der Waals surface area contributed by atoms with E-state index in [-0.39, 0.29) is 42.6 Å². The lowest BCUT2D eigenvalue weighted by atomic mass is 10.1. The summed E-state index contributed by atoms with van der Waals surface area (Å²) in [5.41, 5.74) is 1.27. The van der Waals surface area contributed by atoms with Crippen LogP contribution >= 0.6 is 0 Å². The maximum absolute atomic E-state index is 14.4. The number of nitrogens with zero attached hydrogens (tertiary/aromatic N) is 3. The minimum atomic E-state index is -3.68. The van der Waals surface area contributed by atoms with Crippen LogP contribution < -0.4 is 5.32 Å². The van der Waals surface area contributed by atoms with Crippen LogP contribution in [0.4, 0.5) is 4.39 Å². The second kappa shape index (κ2) is 9.42. The zero-order chi connectivity index (χ0) is 23.6. The maximum atomic E-state index is 14.4.